The van der Waals surface area contributed by atoms with Gasteiger partial charge in [-0.1, -0.05) is 143 Å². The van der Waals surface area contributed by atoms with Crippen LogP contribution in [0.5, 0.6) is 11.5 Å². The second-order valence-electron chi connectivity index (χ2n) is 21.8. The molecular formula is C59H60FN4OPt-3. The average molecular weight is 1060 g/mol. The second-order valence-corrected chi connectivity index (χ2v) is 21.8. The van der Waals surface area contributed by atoms with E-state index >= 15 is 0 Å². The summed E-state index contributed by atoms with van der Waals surface area (Å²) in [6.45, 7) is 29.8. The summed E-state index contributed by atoms with van der Waals surface area (Å²) in [6.07, 6.45) is 1.98. The molecule has 1 aliphatic heterocycles. The van der Waals surface area contributed by atoms with Crippen molar-refractivity contribution in [2.24, 2.45) is 0 Å². The molecular weight excluding hydrogens is 995 g/mol. The Kier molecular flexibility index (Phi) is 12.2. The largest absolute Gasteiger partial charge is 0.509 e. The molecule has 342 valence electrons. The molecule has 9 rings (SSSR count). The molecule has 66 heavy (non-hydrogen) atoms. The number of anilines is 3. The molecule has 0 atom stereocenters. The molecule has 1 aliphatic rings. The molecule has 0 saturated carbocycles. The molecule has 6 aromatic carbocycles. The van der Waals surface area contributed by atoms with Gasteiger partial charge in [0.15, 0.2) is 0 Å². The van der Waals surface area contributed by atoms with E-state index < -0.39 is 0 Å². The Labute approximate surface area is 405 Å². The summed E-state index contributed by atoms with van der Waals surface area (Å²) >= 11 is 0. The van der Waals surface area contributed by atoms with Gasteiger partial charge in [-0.2, -0.15) is 18.8 Å². The Balaban J connectivity index is 0.00000592. The topological polar surface area (TPSA) is 33.5 Å². The number of aromatic nitrogens is 2. The summed E-state index contributed by atoms with van der Waals surface area (Å²) in [6, 6.07) is 48.7. The number of pyridine rings is 1. The van der Waals surface area contributed by atoms with Crippen molar-refractivity contribution in [2.45, 2.75) is 111 Å². The molecule has 0 saturated heterocycles. The van der Waals surface area contributed by atoms with E-state index in [4.69, 9.17) is 9.72 Å². The Morgan fingerprint density at radius 1 is 0.606 bits per heavy atom. The molecule has 0 aliphatic carbocycles. The van der Waals surface area contributed by atoms with E-state index in [2.05, 4.69) is 195 Å². The first kappa shape index (κ1) is 46.8. The van der Waals surface area contributed by atoms with Crippen LogP contribution in [0.15, 0.2) is 128 Å². The number of benzene rings is 6. The van der Waals surface area contributed by atoms with Crippen molar-refractivity contribution in [1.82, 2.24) is 9.55 Å². The molecule has 7 heteroatoms. The van der Waals surface area contributed by atoms with Crippen molar-refractivity contribution >= 4 is 38.9 Å². The predicted molar refractivity (Wildman–Crippen MR) is 268 cm³/mol. The van der Waals surface area contributed by atoms with Crippen LogP contribution in [-0.2, 0) is 49.3 Å². The van der Waals surface area contributed by atoms with Gasteiger partial charge >= 0.3 is 0 Å². The summed E-state index contributed by atoms with van der Waals surface area (Å²) in [5.41, 5.74) is 13.0. The fourth-order valence-electron chi connectivity index (χ4n) is 8.86. The van der Waals surface area contributed by atoms with Crippen molar-refractivity contribution in [2.75, 3.05) is 9.80 Å². The molecule has 0 amide bonds. The molecule has 0 spiro atoms. The molecule has 0 unspecified atom stereocenters. The van der Waals surface area contributed by atoms with Crippen molar-refractivity contribution in [3.63, 3.8) is 0 Å². The number of ether oxygens (including phenoxy) is 1. The first-order chi connectivity index (χ1) is 30.6. The van der Waals surface area contributed by atoms with Crippen LogP contribution in [0, 0.1) is 24.6 Å². The zero-order valence-electron chi connectivity index (χ0n) is 40.3. The van der Waals surface area contributed by atoms with Gasteiger partial charge in [-0.15, -0.1) is 41.4 Å². The third kappa shape index (κ3) is 9.19. The second kappa shape index (κ2) is 17.2. The molecule has 0 radical (unpaired) electrons. The zero-order chi connectivity index (χ0) is 46.2. The van der Waals surface area contributed by atoms with Gasteiger partial charge in [0.25, 0.3) is 0 Å². The minimum atomic E-state index is -0.299. The maximum Gasteiger partial charge on any atom is 0.135 e. The van der Waals surface area contributed by atoms with Gasteiger partial charge in [-0.3, -0.25) is 0 Å². The normalized spacial score (nSPS) is 13.3. The fraction of sp³-hybridized carbons (Fsp3) is 0.288. The maximum atomic E-state index is 15.0. The predicted octanol–water partition coefficient (Wildman–Crippen LogP) is 15.8. The van der Waals surface area contributed by atoms with Crippen LogP contribution < -0.4 is 14.5 Å². The first-order valence-corrected chi connectivity index (χ1v) is 22.7. The average Bonchev–Trinajstić information content (AvgIpc) is 3.76. The first-order valence-electron chi connectivity index (χ1n) is 22.7. The number of rotatable bonds is 7. The molecule has 2 aromatic heterocycles. The van der Waals surface area contributed by atoms with E-state index in [1.54, 1.807) is 6.07 Å². The molecule has 0 N–H and O–H groups in total. The van der Waals surface area contributed by atoms with Crippen molar-refractivity contribution in [3.8, 4) is 28.4 Å². The van der Waals surface area contributed by atoms with Crippen molar-refractivity contribution in [3.05, 3.63) is 180 Å². The smallest absolute Gasteiger partial charge is 0.135 e. The summed E-state index contributed by atoms with van der Waals surface area (Å²) in [4.78, 5) is 9.65. The van der Waals surface area contributed by atoms with Crippen molar-refractivity contribution in [1.29, 1.82) is 0 Å². The van der Waals surface area contributed by atoms with Crippen LogP contribution in [0.25, 0.3) is 38.8 Å². The van der Waals surface area contributed by atoms with Gasteiger partial charge in [0.05, 0.1) is 0 Å². The number of halogens is 1. The molecule has 5 nitrogen and oxygen atoms in total. The van der Waals surface area contributed by atoms with Gasteiger partial charge in [-0.25, -0.2) is 9.37 Å². The SMILES string of the molecule is CC(C)(C)c1ccc(-c2cnc(-n3c4[c-]c(Oc5[c-]c(N6[CH-]N(Cc7cccc(C(C)(C)C)c7)c7ccc(C(C)(C)C)cc76)ccc5)ccc4c4cc(F)ccc43)cc2C(C)(C)C)cc1.[Pt]. The van der Waals surface area contributed by atoms with E-state index in [-0.39, 0.29) is 48.5 Å². The quantitative estimate of drug-likeness (QED) is 0.149. The molecule has 0 fully saturated rings. The van der Waals surface area contributed by atoms with E-state index in [1.165, 1.54) is 28.3 Å². The Hall–Kier alpha value is -5.71. The molecule has 8 aromatic rings. The van der Waals surface area contributed by atoms with Crippen LogP contribution in [-0.4, -0.2) is 9.55 Å². The van der Waals surface area contributed by atoms with E-state index in [1.807, 2.05) is 36.5 Å². The molecule has 0 bridgehead atoms. The van der Waals surface area contributed by atoms with Gasteiger partial charge < -0.3 is 19.1 Å². The summed E-state index contributed by atoms with van der Waals surface area (Å²) < 4.78 is 23.7. The van der Waals surface area contributed by atoms with E-state index in [0.717, 1.165) is 67.9 Å². The monoisotopic (exact) mass is 1050 g/mol. The standard InChI is InChI=1S/C59H60FN4O.Pt/c1-56(2,3)40-21-19-39(20-22-40)49-35-61-55(34-50(49)59(10,11)12)64-51-28-24-43(60)31-48(51)47-26-25-46(33-53(47)64)65-45-18-14-17-44(32-45)63-37-62(36-38-15-13-16-41(29-38)57(4,5)6)52-27-23-42(30-54(52)63)58(7,8)9;/h13-31,34-35,37H,36H2,1-12H3;/q-3;. The minimum absolute atomic E-state index is 0. The Morgan fingerprint density at radius 2 is 1.27 bits per heavy atom. The van der Waals surface area contributed by atoms with Crippen LogP contribution in [0.4, 0.5) is 21.5 Å². The fourth-order valence-corrected chi connectivity index (χ4v) is 8.86. The van der Waals surface area contributed by atoms with Gasteiger partial charge in [0, 0.05) is 67.8 Å². The summed E-state index contributed by atoms with van der Waals surface area (Å²) in [5.74, 6) is 1.50. The van der Waals surface area contributed by atoms with Crippen LogP contribution in [0.1, 0.15) is 111 Å². The van der Waals surface area contributed by atoms with Gasteiger partial charge in [-0.05, 0) is 96.8 Å². The number of fused-ring (bicyclic) bond motifs is 4. The zero-order valence-corrected chi connectivity index (χ0v) is 42.6. The van der Waals surface area contributed by atoms with E-state index in [9.17, 15) is 4.39 Å². The van der Waals surface area contributed by atoms with Crippen LogP contribution >= 0.6 is 0 Å². The summed E-state index contributed by atoms with van der Waals surface area (Å²) in [5, 5.41) is 1.64. The van der Waals surface area contributed by atoms with Crippen LogP contribution in [0.3, 0.4) is 0 Å². The van der Waals surface area contributed by atoms with E-state index in [0.29, 0.717) is 11.5 Å². The van der Waals surface area contributed by atoms with Gasteiger partial charge in [0.2, 0.25) is 0 Å². The van der Waals surface area contributed by atoms with Crippen molar-refractivity contribution < 1.29 is 30.2 Å². The third-order valence-electron chi connectivity index (χ3n) is 12.6. The third-order valence-corrected chi connectivity index (χ3v) is 12.6. The minimum Gasteiger partial charge on any atom is -0.509 e. The number of hydrogen-bond acceptors (Lipinski definition) is 4. The number of nitrogens with zero attached hydrogens (tertiary/aromatic N) is 4. The Bertz CT molecular complexity index is 3080. The van der Waals surface area contributed by atoms with Gasteiger partial charge in [0.1, 0.15) is 11.6 Å². The van der Waals surface area contributed by atoms with Crippen LogP contribution in [0.2, 0.25) is 0 Å². The summed E-state index contributed by atoms with van der Waals surface area (Å²) in [7, 11) is 0. The molecule has 3 heterocycles. The number of hydrogen-bond donors (Lipinski definition) is 0. The Morgan fingerprint density at radius 3 is 1.97 bits per heavy atom. The maximum absolute atomic E-state index is 15.0.